The average molecular weight is 270 g/mol. The molecule has 1 fully saturated rings. The van der Waals surface area contributed by atoms with Crippen LogP contribution >= 0.6 is 11.6 Å². The van der Waals surface area contributed by atoms with Crippen LogP contribution in [0.25, 0.3) is 0 Å². The molecule has 1 saturated heterocycles. The van der Waals surface area contributed by atoms with Gasteiger partial charge in [-0.1, -0.05) is 32.4 Å². The molecule has 0 bridgehead atoms. The summed E-state index contributed by atoms with van der Waals surface area (Å²) in [4.78, 5) is 10.5. The predicted octanol–water partition coefficient (Wildman–Crippen LogP) is 2.46. The van der Waals surface area contributed by atoms with E-state index in [1.807, 2.05) is 0 Å². The highest BCUT2D eigenvalue weighted by Crippen LogP contribution is 2.32. The second-order valence-electron chi connectivity index (χ2n) is 5.34. The summed E-state index contributed by atoms with van der Waals surface area (Å²) in [6.45, 7) is 7.77. The monoisotopic (exact) mass is 269 g/mol. The Kier molecular flexibility index (Phi) is 4.07. The van der Waals surface area contributed by atoms with Gasteiger partial charge in [0.05, 0.1) is 6.10 Å². The van der Waals surface area contributed by atoms with Gasteiger partial charge >= 0.3 is 0 Å². The lowest BCUT2D eigenvalue weighted by atomic mass is 9.95. The van der Waals surface area contributed by atoms with Crippen LogP contribution in [0.5, 0.6) is 0 Å². The molecule has 0 aliphatic carbocycles. The molecule has 0 aromatic carbocycles. The Balaban J connectivity index is 2.31. The third kappa shape index (κ3) is 2.59. The summed E-state index contributed by atoms with van der Waals surface area (Å²) in [5.41, 5.74) is 0.973. The van der Waals surface area contributed by atoms with Gasteiger partial charge in [-0.15, -0.1) is 0 Å². The lowest BCUT2D eigenvalue weighted by Gasteiger charge is -2.36. The SMILES string of the molecule is CC(C)c1c(Cl)ncnc1N1CCC(C)C(O)C1. The summed E-state index contributed by atoms with van der Waals surface area (Å²) in [5, 5.41) is 10.5. The molecular formula is C13H20ClN3O. The Morgan fingerprint density at radius 1 is 1.44 bits per heavy atom. The van der Waals surface area contributed by atoms with Crippen LogP contribution in [-0.2, 0) is 0 Å². The fraction of sp³-hybridized carbons (Fsp3) is 0.692. The third-order valence-electron chi connectivity index (χ3n) is 3.61. The van der Waals surface area contributed by atoms with Gasteiger partial charge in [-0.25, -0.2) is 9.97 Å². The first-order chi connectivity index (χ1) is 8.50. The van der Waals surface area contributed by atoms with Crippen LogP contribution in [-0.4, -0.2) is 34.3 Å². The van der Waals surface area contributed by atoms with E-state index in [2.05, 4.69) is 35.6 Å². The number of nitrogens with zero attached hydrogens (tertiary/aromatic N) is 3. The molecule has 1 N–H and O–H groups in total. The van der Waals surface area contributed by atoms with Crippen LogP contribution in [0, 0.1) is 5.92 Å². The first-order valence-corrected chi connectivity index (χ1v) is 6.82. The van der Waals surface area contributed by atoms with Gasteiger partial charge in [-0.05, 0) is 18.3 Å². The quantitative estimate of drug-likeness (QED) is 0.838. The number of aromatic nitrogens is 2. The zero-order valence-electron chi connectivity index (χ0n) is 11.1. The van der Waals surface area contributed by atoms with Gasteiger partial charge in [0.2, 0.25) is 0 Å². The van der Waals surface area contributed by atoms with E-state index in [9.17, 15) is 5.11 Å². The van der Waals surface area contributed by atoms with Crippen molar-refractivity contribution >= 4 is 17.4 Å². The lowest BCUT2D eigenvalue weighted by molar-refractivity contribution is 0.102. The van der Waals surface area contributed by atoms with Gasteiger partial charge in [0.25, 0.3) is 0 Å². The summed E-state index contributed by atoms with van der Waals surface area (Å²) in [5.74, 6) is 1.49. The van der Waals surface area contributed by atoms with Gasteiger partial charge in [0, 0.05) is 18.7 Å². The molecule has 4 nitrogen and oxygen atoms in total. The molecule has 2 unspecified atom stereocenters. The summed E-state index contributed by atoms with van der Waals surface area (Å²) in [7, 11) is 0. The van der Waals surface area contributed by atoms with E-state index in [0.29, 0.717) is 17.6 Å². The first-order valence-electron chi connectivity index (χ1n) is 6.44. The number of anilines is 1. The number of hydrogen-bond acceptors (Lipinski definition) is 4. The lowest BCUT2D eigenvalue weighted by Crippen LogP contribution is -2.43. The Morgan fingerprint density at radius 2 is 2.17 bits per heavy atom. The highest BCUT2D eigenvalue weighted by Gasteiger charge is 2.27. The molecule has 0 radical (unpaired) electrons. The van der Waals surface area contributed by atoms with Crippen molar-refractivity contribution in [3.05, 3.63) is 17.0 Å². The standard InChI is InChI=1S/C13H20ClN3O/c1-8(2)11-12(14)15-7-16-13(11)17-5-4-9(3)10(18)6-17/h7-10,18H,4-6H2,1-3H3. The number of β-amino-alcohol motifs (C(OH)–C–C–N with tert-alkyl or cyclic N) is 1. The van der Waals surface area contributed by atoms with E-state index in [1.165, 1.54) is 6.33 Å². The molecule has 2 rings (SSSR count). The zero-order chi connectivity index (χ0) is 13.3. The van der Waals surface area contributed by atoms with Crippen molar-refractivity contribution in [2.75, 3.05) is 18.0 Å². The van der Waals surface area contributed by atoms with Gasteiger partial charge < -0.3 is 10.0 Å². The number of aliphatic hydroxyl groups is 1. The topological polar surface area (TPSA) is 49.2 Å². The van der Waals surface area contributed by atoms with Crippen molar-refractivity contribution < 1.29 is 5.11 Å². The minimum Gasteiger partial charge on any atom is -0.391 e. The fourth-order valence-electron chi connectivity index (χ4n) is 2.36. The Bertz CT molecular complexity index is 425. The van der Waals surface area contributed by atoms with E-state index >= 15 is 0 Å². The van der Waals surface area contributed by atoms with Crippen LogP contribution in [0.4, 0.5) is 5.82 Å². The van der Waals surface area contributed by atoms with Gasteiger partial charge in [0.1, 0.15) is 17.3 Å². The summed E-state index contributed by atoms with van der Waals surface area (Å²) in [6.07, 6.45) is 2.17. The third-order valence-corrected chi connectivity index (χ3v) is 3.91. The molecule has 2 heterocycles. The summed E-state index contributed by atoms with van der Waals surface area (Å²) >= 11 is 6.17. The molecule has 1 aliphatic heterocycles. The largest absolute Gasteiger partial charge is 0.391 e. The van der Waals surface area contributed by atoms with Gasteiger partial charge in [-0.3, -0.25) is 0 Å². The fourth-order valence-corrected chi connectivity index (χ4v) is 2.70. The van der Waals surface area contributed by atoms with Crippen LogP contribution in [0.3, 0.4) is 0 Å². The van der Waals surface area contributed by atoms with Crippen LogP contribution in [0.1, 0.15) is 38.7 Å². The molecule has 2 atom stereocenters. The van der Waals surface area contributed by atoms with Crippen molar-refractivity contribution in [3.8, 4) is 0 Å². The van der Waals surface area contributed by atoms with E-state index < -0.39 is 0 Å². The minimum absolute atomic E-state index is 0.269. The maximum absolute atomic E-state index is 9.99. The van der Waals surface area contributed by atoms with E-state index in [1.54, 1.807) is 0 Å². The van der Waals surface area contributed by atoms with Crippen molar-refractivity contribution in [3.63, 3.8) is 0 Å². The number of aliphatic hydroxyl groups excluding tert-OH is 1. The van der Waals surface area contributed by atoms with Gasteiger partial charge in [0.15, 0.2) is 0 Å². The number of piperidine rings is 1. The van der Waals surface area contributed by atoms with E-state index in [0.717, 1.165) is 24.3 Å². The molecule has 100 valence electrons. The maximum Gasteiger partial charge on any atom is 0.138 e. The van der Waals surface area contributed by atoms with Crippen molar-refractivity contribution in [1.82, 2.24) is 9.97 Å². The number of hydrogen-bond donors (Lipinski definition) is 1. The van der Waals surface area contributed by atoms with E-state index in [-0.39, 0.29) is 12.0 Å². The molecule has 1 aromatic heterocycles. The molecule has 0 amide bonds. The Labute approximate surface area is 113 Å². The average Bonchev–Trinajstić information content (AvgIpc) is 2.32. The minimum atomic E-state index is -0.299. The van der Waals surface area contributed by atoms with Crippen LogP contribution < -0.4 is 4.90 Å². The Morgan fingerprint density at radius 3 is 2.78 bits per heavy atom. The van der Waals surface area contributed by atoms with E-state index in [4.69, 9.17) is 11.6 Å². The molecule has 0 spiro atoms. The second kappa shape index (κ2) is 5.41. The van der Waals surface area contributed by atoms with Gasteiger partial charge in [-0.2, -0.15) is 0 Å². The van der Waals surface area contributed by atoms with Crippen molar-refractivity contribution in [2.24, 2.45) is 5.92 Å². The zero-order valence-corrected chi connectivity index (χ0v) is 11.9. The second-order valence-corrected chi connectivity index (χ2v) is 5.69. The Hall–Kier alpha value is -0.870. The smallest absolute Gasteiger partial charge is 0.138 e. The first kappa shape index (κ1) is 13.6. The number of halogens is 1. The molecule has 5 heteroatoms. The van der Waals surface area contributed by atoms with Crippen LogP contribution in [0.2, 0.25) is 5.15 Å². The van der Waals surface area contributed by atoms with Crippen molar-refractivity contribution in [1.29, 1.82) is 0 Å². The normalized spacial score (nSPS) is 24.7. The molecule has 1 aromatic rings. The molecule has 18 heavy (non-hydrogen) atoms. The molecule has 1 aliphatic rings. The summed E-state index contributed by atoms with van der Waals surface area (Å²) < 4.78 is 0. The highest BCUT2D eigenvalue weighted by molar-refractivity contribution is 6.30. The predicted molar refractivity (Wildman–Crippen MR) is 73.1 cm³/mol. The number of rotatable bonds is 2. The van der Waals surface area contributed by atoms with Crippen LogP contribution in [0.15, 0.2) is 6.33 Å². The maximum atomic E-state index is 9.99. The molecular weight excluding hydrogens is 250 g/mol. The summed E-state index contributed by atoms with van der Waals surface area (Å²) in [6, 6.07) is 0. The molecule has 0 saturated carbocycles. The highest BCUT2D eigenvalue weighted by atomic mass is 35.5. The van der Waals surface area contributed by atoms with Crippen molar-refractivity contribution in [2.45, 2.75) is 39.2 Å².